The Morgan fingerprint density at radius 3 is 2.41 bits per heavy atom. The van der Waals surface area contributed by atoms with Crippen molar-refractivity contribution in [1.82, 2.24) is 4.98 Å². The van der Waals surface area contributed by atoms with Crippen molar-refractivity contribution in [2.45, 2.75) is 19.4 Å². The largest absolute Gasteiger partial charge is 0.574 e. The van der Waals surface area contributed by atoms with E-state index in [9.17, 15) is 22.0 Å². The summed E-state index contributed by atoms with van der Waals surface area (Å²) in [5.41, 5.74) is -1.30. The van der Waals surface area contributed by atoms with Gasteiger partial charge in [0.05, 0.1) is 12.2 Å². The Kier molecular flexibility index (Phi) is 4.10. The molecule has 0 unspecified atom stereocenters. The van der Waals surface area contributed by atoms with E-state index in [4.69, 9.17) is 16.7 Å². The number of halogens is 6. The number of pyridine rings is 1. The summed E-state index contributed by atoms with van der Waals surface area (Å²) in [6, 6.07) is 0.612. The van der Waals surface area contributed by atoms with Crippen LogP contribution in [0.5, 0.6) is 5.88 Å². The standard InChI is InChI=1S/C8H5ClF5NO2/c9-5-4(6(10)11)1-3(2-16)7(15-5)17-8(12,13)14/h1,6,16H,2H2. The number of hydrogen-bond donors (Lipinski definition) is 1. The van der Waals surface area contributed by atoms with Crippen molar-refractivity contribution in [2.75, 3.05) is 0 Å². The monoisotopic (exact) mass is 277 g/mol. The normalized spacial score (nSPS) is 12.0. The summed E-state index contributed by atoms with van der Waals surface area (Å²) in [6.45, 7) is -0.935. The topological polar surface area (TPSA) is 42.4 Å². The van der Waals surface area contributed by atoms with Crippen molar-refractivity contribution >= 4 is 11.6 Å². The number of aliphatic hydroxyl groups is 1. The van der Waals surface area contributed by atoms with E-state index in [2.05, 4.69) is 9.72 Å². The molecule has 0 aliphatic rings. The van der Waals surface area contributed by atoms with E-state index < -0.39 is 41.6 Å². The highest BCUT2D eigenvalue weighted by molar-refractivity contribution is 6.30. The van der Waals surface area contributed by atoms with Gasteiger partial charge in [0.1, 0.15) is 5.15 Å². The van der Waals surface area contributed by atoms with E-state index in [1.807, 2.05) is 0 Å². The highest BCUT2D eigenvalue weighted by atomic mass is 35.5. The minimum absolute atomic E-state index is 0.526. The fourth-order valence-electron chi connectivity index (χ4n) is 0.999. The predicted octanol–water partition coefficient (Wildman–Crippen LogP) is 3.06. The van der Waals surface area contributed by atoms with Crippen LogP contribution < -0.4 is 4.74 Å². The molecule has 0 amide bonds. The zero-order valence-electron chi connectivity index (χ0n) is 7.93. The lowest BCUT2D eigenvalue weighted by Gasteiger charge is -2.13. The lowest BCUT2D eigenvalue weighted by molar-refractivity contribution is -0.276. The molecule has 0 spiro atoms. The van der Waals surface area contributed by atoms with Crippen LogP contribution in [0, 0.1) is 0 Å². The van der Waals surface area contributed by atoms with E-state index >= 15 is 0 Å². The molecule has 3 nitrogen and oxygen atoms in total. The first-order valence-corrected chi connectivity index (χ1v) is 4.46. The van der Waals surface area contributed by atoms with Gasteiger partial charge in [0.25, 0.3) is 6.43 Å². The first-order valence-electron chi connectivity index (χ1n) is 4.08. The van der Waals surface area contributed by atoms with Gasteiger partial charge < -0.3 is 9.84 Å². The van der Waals surface area contributed by atoms with Crippen molar-refractivity contribution in [3.63, 3.8) is 0 Å². The molecule has 0 aliphatic carbocycles. The Bertz CT molecular complexity index is 410. The van der Waals surface area contributed by atoms with Gasteiger partial charge in [-0.1, -0.05) is 11.6 Å². The summed E-state index contributed by atoms with van der Waals surface area (Å²) >= 11 is 5.26. The molecule has 0 saturated carbocycles. The van der Waals surface area contributed by atoms with Crippen LogP contribution in [0.4, 0.5) is 22.0 Å². The number of ether oxygens (including phenoxy) is 1. The third-order valence-electron chi connectivity index (χ3n) is 1.66. The lowest BCUT2D eigenvalue weighted by Crippen LogP contribution is -2.19. The van der Waals surface area contributed by atoms with Crippen LogP contribution in [0.3, 0.4) is 0 Å². The molecule has 0 saturated heterocycles. The maximum absolute atomic E-state index is 12.3. The van der Waals surface area contributed by atoms with Crippen molar-refractivity contribution in [3.05, 3.63) is 22.3 Å². The van der Waals surface area contributed by atoms with Crippen molar-refractivity contribution in [1.29, 1.82) is 0 Å². The summed E-state index contributed by atoms with van der Waals surface area (Å²) in [4.78, 5) is 3.03. The summed E-state index contributed by atoms with van der Waals surface area (Å²) in [7, 11) is 0. The number of nitrogens with zero attached hydrogens (tertiary/aromatic N) is 1. The third kappa shape index (κ3) is 3.67. The molecule has 1 rings (SSSR count). The molecule has 1 N–H and O–H groups in total. The molecule has 9 heteroatoms. The average Bonchev–Trinajstić information content (AvgIpc) is 2.14. The molecule has 0 fully saturated rings. The van der Waals surface area contributed by atoms with E-state index in [0.29, 0.717) is 6.07 Å². The predicted molar refractivity (Wildman–Crippen MR) is 46.8 cm³/mol. The highest BCUT2D eigenvalue weighted by Crippen LogP contribution is 2.32. The van der Waals surface area contributed by atoms with Crippen molar-refractivity contribution in [2.24, 2.45) is 0 Å². The van der Waals surface area contributed by atoms with Gasteiger partial charge in [0.15, 0.2) is 0 Å². The van der Waals surface area contributed by atoms with Crippen LogP contribution in [0.1, 0.15) is 17.6 Å². The van der Waals surface area contributed by atoms with Crippen molar-refractivity contribution in [3.8, 4) is 5.88 Å². The van der Waals surface area contributed by atoms with Crippen LogP contribution >= 0.6 is 11.6 Å². The second-order valence-corrected chi connectivity index (χ2v) is 3.20. The second-order valence-electron chi connectivity index (χ2n) is 2.84. The number of aromatic nitrogens is 1. The molecular weight excluding hydrogens is 273 g/mol. The maximum Gasteiger partial charge on any atom is 0.574 e. The first kappa shape index (κ1) is 13.9. The average molecular weight is 278 g/mol. The molecule has 0 bridgehead atoms. The Morgan fingerprint density at radius 1 is 1.41 bits per heavy atom. The first-order chi connectivity index (χ1) is 7.74. The quantitative estimate of drug-likeness (QED) is 0.682. The molecule has 1 heterocycles. The lowest BCUT2D eigenvalue weighted by atomic mass is 10.2. The van der Waals surface area contributed by atoms with Gasteiger partial charge in [-0.05, 0) is 6.07 Å². The maximum atomic E-state index is 12.3. The Morgan fingerprint density at radius 2 is 2.00 bits per heavy atom. The smallest absolute Gasteiger partial charge is 0.391 e. The Hall–Kier alpha value is -1.15. The zero-order chi connectivity index (χ0) is 13.2. The molecule has 1 aromatic rings. The van der Waals surface area contributed by atoms with Crippen LogP contribution in [0.2, 0.25) is 5.15 Å². The van der Waals surface area contributed by atoms with Gasteiger partial charge in [-0.2, -0.15) is 0 Å². The minimum Gasteiger partial charge on any atom is -0.391 e. The van der Waals surface area contributed by atoms with Crippen LogP contribution in [0.15, 0.2) is 6.07 Å². The summed E-state index contributed by atoms with van der Waals surface area (Å²) < 4.78 is 63.9. The van der Waals surface area contributed by atoms with Gasteiger partial charge in [0.2, 0.25) is 5.88 Å². The van der Waals surface area contributed by atoms with E-state index in [1.54, 1.807) is 0 Å². The fourth-order valence-corrected chi connectivity index (χ4v) is 1.21. The number of hydrogen-bond acceptors (Lipinski definition) is 3. The number of rotatable bonds is 3. The van der Waals surface area contributed by atoms with Gasteiger partial charge in [-0.25, -0.2) is 13.8 Å². The van der Waals surface area contributed by atoms with Crippen LogP contribution in [0.25, 0.3) is 0 Å². The molecule has 0 aliphatic heterocycles. The molecule has 96 valence electrons. The van der Waals surface area contributed by atoms with E-state index in [-0.39, 0.29) is 0 Å². The Balaban J connectivity index is 3.19. The molecule has 17 heavy (non-hydrogen) atoms. The summed E-state index contributed by atoms with van der Waals surface area (Å²) in [6.07, 6.45) is -8.06. The summed E-state index contributed by atoms with van der Waals surface area (Å²) in [5.74, 6) is -1.05. The van der Waals surface area contributed by atoms with Gasteiger partial charge in [0, 0.05) is 5.56 Å². The SMILES string of the molecule is OCc1cc(C(F)F)c(Cl)nc1OC(F)(F)F. The fraction of sp³-hybridized carbons (Fsp3) is 0.375. The second kappa shape index (κ2) is 5.01. The number of alkyl halides is 5. The highest BCUT2D eigenvalue weighted by Gasteiger charge is 2.33. The minimum atomic E-state index is -5.05. The Labute approximate surface area is 96.8 Å². The van der Waals surface area contributed by atoms with Gasteiger partial charge in [-0.15, -0.1) is 13.2 Å². The van der Waals surface area contributed by atoms with Gasteiger partial charge in [-0.3, -0.25) is 0 Å². The van der Waals surface area contributed by atoms with E-state index in [0.717, 1.165) is 0 Å². The van der Waals surface area contributed by atoms with Crippen LogP contribution in [-0.2, 0) is 6.61 Å². The van der Waals surface area contributed by atoms with E-state index in [1.165, 1.54) is 0 Å². The third-order valence-corrected chi connectivity index (χ3v) is 1.96. The molecule has 1 aromatic heterocycles. The van der Waals surface area contributed by atoms with Crippen LogP contribution in [-0.4, -0.2) is 16.5 Å². The molecule has 0 atom stereocenters. The zero-order valence-corrected chi connectivity index (χ0v) is 8.69. The summed E-state index contributed by atoms with van der Waals surface area (Å²) in [5, 5.41) is 7.93. The molecule has 0 aromatic carbocycles. The van der Waals surface area contributed by atoms with Crippen molar-refractivity contribution < 1.29 is 31.8 Å². The molecular formula is C8H5ClF5NO2. The molecule has 0 radical (unpaired) electrons. The van der Waals surface area contributed by atoms with Gasteiger partial charge >= 0.3 is 6.36 Å². The number of aliphatic hydroxyl groups excluding tert-OH is 1.